The van der Waals surface area contributed by atoms with Crippen LogP contribution in [0.3, 0.4) is 0 Å². The fraction of sp³-hybridized carbons (Fsp3) is 0.226. The van der Waals surface area contributed by atoms with Gasteiger partial charge in [-0.2, -0.15) is 0 Å². The third-order valence-electron chi connectivity index (χ3n) is 9.61. The minimum Gasteiger partial charge on any atom is -0.493 e. The number of aliphatic imine (C=N–C) groups is 2. The predicted molar refractivity (Wildman–Crippen MR) is 247 cm³/mol. The lowest BCUT2D eigenvalue weighted by Crippen LogP contribution is -2.06. The van der Waals surface area contributed by atoms with E-state index in [0.29, 0.717) is 29.8 Å². The molecule has 5 aromatic rings. The van der Waals surface area contributed by atoms with E-state index < -0.39 is 0 Å². The fourth-order valence-corrected chi connectivity index (χ4v) is 6.27. The van der Waals surface area contributed by atoms with Crippen LogP contribution in [-0.4, -0.2) is 24.0 Å². The van der Waals surface area contributed by atoms with E-state index in [9.17, 15) is 0 Å². The highest BCUT2D eigenvalue weighted by Gasteiger charge is 2.09. The van der Waals surface area contributed by atoms with Crippen molar-refractivity contribution in [3.8, 4) is 28.0 Å². The predicted octanol–water partition coefficient (Wildman–Crippen LogP) is 14.9. The van der Waals surface area contributed by atoms with Gasteiger partial charge in [-0.1, -0.05) is 145 Å². The lowest BCUT2D eigenvalue weighted by molar-refractivity contribution is 0.270. The summed E-state index contributed by atoms with van der Waals surface area (Å²) in [5.41, 5.74) is 14.9. The molecule has 0 atom stereocenters. The highest BCUT2D eigenvalue weighted by atomic mass is 16.5. The van der Waals surface area contributed by atoms with Crippen LogP contribution in [0.15, 0.2) is 173 Å². The van der Waals surface area contributed by atoms with Gasteiger partial charge in [0.1, 0.15) is 5.75 Å². The first-order valence-electron chi connectivity index (χ1n) is 20.2. The highest BCUT2D eigenvalue weighted by Crippen LogP contribution is 2.30. The second-order valence-corrected chi connectivity index (χ2v) is 14.9. The van der Waals surface area contributed by atoms with E-state index in [-0.39, 0.29) is 0 Å². The molecule has 1 heterocycles. The van der Waals surface area contributed by atoms with E-state index in [1.165, 1.54) is 33.4 Å². The first kappa shape index (κ1) is 42.0. The summed E-state index contributed by atoms with van der Waals surface area (Å²) in [6, 6.07) is 37.8. The lowest BCUT2D eigenvalue weighted by Gasteiger charge is -2.13. The summed E-state index contributed by atoms with van der Waals surface area (Å²) < 4.78 is 6.12. The summed E-state index contributed by atoms with van der Waals surface area (Å²) in [5.74, 6) is 1.64. The number of hydrogen-bond donors (Lipinski definition) is 0. The van der Waals surface area contributed by atoms with Gasteiger partial charge in [0.15, 0.2) is 0 Å². The molecule has 1 aliphatic rings. The molecule has 6 rings (SSSR count). The van der Waals surface area contributed by atoms with Gasteiger partial charge in [0.2, 0.25) is 0 Å². The molecule has 290 valence electrons. The molecule has 0 spiro atoms. The van der Waals surface area contributed by atoms with Crippen molar-refractivity contribution >= 4 is 29.4 Å². The molecule has 0 N–H and O–H groups in total. The van der Waals surface area contributed by atoms with Crippen molar-refractivity contribution in [3.05, 3.63) is 186 Å². The molecule has 1 aromatic heterocycles. The average Bonchev–Trinajstić information content (AvgIpc) is 3.24. The first-order chi connectivity index (χ1) is 27.6. The van der Waals surface area contributed by atoms with Gasteiger partial charge >= 0.3 is 0 Å². The maximum atomic E-state index is 6.12. The molecular weight excluding hydrogens is 695 g/mol. The molecule has 0 saturated carbocycles. The van der Waals surface area contributed by atoms with Gasteiger partial charge < -0.3 is 4.74 Å². The topological polar surface area (TPSA) is 46.8 Å². The zero-order valence-electron chi connectivity index (χ0n) is 34.8. The van der Waals surface area contributed by atoms with Crippen molar-refractivity contribution in [3.63, 3.8) is 0 Å². The van der Waals surface area contributed by atoms with E-state index in [0.717, 1.165) is 52.2 Å². The Morgan fingerprint density at radius 1 is 0.719 bits per heavy atom. The van der Waals surface area contributed by atoms with Crippen LogP contribution in [0.2, 0.25) is 0 Å². The Kier molecular flexibility index (Phi) is 15.3. The maximum absolute atomic E-state index is 6.12. The average molecular weight is 752 g/mol. The molecule has 1 aliphatic carbocycles. The van der Waals surface area contributed by atoms with E-state index in [2.05, 4.69) is 139 Å². The van der Waals surface area contributed by atoms with Crippen LogP contribution in [0.4, 0.5) is 11.4 Å². The number of nitrogens with zero attached hydrogens (tertiary/aromatic N) is 3. The summed E-state index contributed by atoms with van der Waals surface area (Å²) in [4.78, 5) is 14.3. The minimum atomic E-state index is 0.387. The molecule has 4 heteroatoms. The zero-order chi connectivity index (χ0) is 40.7. The van der Waals surface area contributed by atoms with E-state index in [4.69, 9.17) is 19.7 Å². The number of rotatable bonds is 14. The Balaban J connectivity index is 0.00000305. The Bertz CT molecular complexity index is 2280. The Hall–Kier alpha value is -6.13. The van der Waals surface area contributed by atoms with Crippen LogP contribution >= 0.6 is 0 Å². The smallest absolute Gasteiger partial charge is 0.123 e. The second-order valence-electron chi connectivity index (χ2n) is 14.9. The Morgan fingerprint density at radius 3 is 1.79 bits per heavy atom. The number of hydrogen-bond acceptors (Lipinski definition) is 4. The molecule has 0 aliphatic heterocycles. The van der Waals surface area contributed by atoms with Crippen LogP contribution in [0.25, 0.3) is 27.8 Å². The summed E-state index contributed by atoms with van der Waals surface area (Å²) in [6.45, 7) is 23.9. The maximum Gasteiger partial charge on any atom is 0.123 e. The number of benzene rings is 4. The van der Waals surface area contributed by atoms with E-state index in [1.807, 2.05) is 56.3 Å². The molecule has 0 bridgehead atoms. The van der Waals surface area contributed by atoms with Crippen molar-refractivity contribution < 1.29 is 4.74 Å². The number of allylic oxidation sites excluding steroid dienone is 8. The van der Waals surface area contributed by atoms with Gasteiger partial charge in [-0.05, 0) is 118 Å². The lowest BCUT2D eigenvalue weighted by atomic mass is 9.92. The molecule has 0 radical (unpaired) electrons. The fourth-order valence-electron chi connectivity index (χ4n) is 6.27. The number of pyridine rings is 1. The summed E-state index contributed by atoms with van der Waals surface area (Å²) in [5, 5.41) is 0. The first-order valence-corrected chi connectivity index (χ1v) is 20.2. The molecule has 4 nitrogen and oxygen atoms in total. The minimum absolute atomic E-state index is 0.387. The van der Waals surface area contributed by atoms with Gasteiger partial charge in [0, 0.05) is 12.1 Å². The SMILES string of the molecule is C=C/C(=C\C(=C)C1=CC=C(C)CC1)c1ccc(N=Cc2cc(OCC(C)C)cc(C=Nc3ccc(-c4cccc(-c5ccc(C(C)C)cc5)c4)cc3)n2)cc1.CC. The highest BCUT2D eigenvalue weighted by molar-refractivity contribution is 5.86. The van der Waals surface area contributed by atoms with Crippen LogP contribution < -0.4 is 4.74 Å². The summed E-state index contributed by atoms with van der Waals surface area (Å²) >= 11 is 0. The van der Waals surface area contributed by atoms with Crippen LogP contribution in [-0.2, 0) is 0 Å². The Morgan fingerprint density at radius 2 is 1.28 bits per heavy atom. The molecule has 0 saturated heterocycles. The number of aromatic nitrogens is 1. The zero-order valence-corrected chi connectivity index (χ0v) is 34.8. The van der Waals surface area contributed by atoms with Crippen molar-refractivity contribution in [2.75, 3.05) is 6.61 Å². The normalized spacial score (nSPS) is 13.0. The largest absolute Gasteiger partial charge is 0.493 e. The van der Waals surface area contributed by atoms with E-state index in [1.54, 1.807) is 12.4 Å². The van der Waals surface area contributed by atoms with E-state index >= 15 is 0 Å². The van der Waals surface area contributed by atoms with Crippen molar-refractivity contribution in [1.29, 1.82) is 0 Å². The standard InChI is InChI=1S/C51H51N3O.C2H6/c1-8-39(28-38(7)41-14-12-37(6)13-15-41)42-20-24-47(25-21-42)52-32-49-30-51(55-34-35(2)3)31-50(54-49)33-53-48-26-22-44(23-27-48)46-11-9-10-45(29-46)43-18-16-40(17-19-43)36(4)5;1-2/h8-12,14,16-33,35-36H,1,7,13,15,34H2,2-6H3;1-2H3/b39-28+,52-32?,53-33?;. The summed E-state index contributed by atoms with van der Waals surface area (Å²) in [7, 11) is 0. The molecule has 0 fully saturated rings. The monoisotopic (exact) mass is 751 g/mol. The second kappa shape index (κ2) is 20.7. The van der Waals surface area contributed by atoms with Crippen molar-refractivity contribution in [2.24, 2.45) is 15.9 Å². The summed E-state index contributed by atoms with van der Waals surface area (Å²) in [6.07, 6.45) is 14.0. The molecule has 0 amide bonds. The molecule has 0 unspecified atom stereocenters. The van der Waals surface area contributed by atoms with Gasteiger partial charge in [0.05, 0.1) is 41.8 Å². The molecule has 4 aromatic carbocycles. The quantitative estimate of drug-likeness (QED) is 0.0838. The van der Waals surface area contributed by atoms with Gasteiger partial charge in [-0.25, -0.2) is 4.98 Å². The van der Waals surface area contributed by atoms with Gasteiger partial charge in [-0.3, -0.25) is 9.98 Å². The third kappa shape index (κ3) is 12.2. The van der Waals surface area contributed by atoms with Crippen LogP contribution in [0.5, 0.6) is 5.75 Å². The van der Waals surface area contributed by atoms with Crippen molar-refractivity contribution in [1.82, 2.24) is 4.98 Å². The van der Waals surface area contributed by atoms with Crippen LogP contribution in [0, 0.1) is 5.92 Å². The van der Waals surface area contributed by atoms with Crippen LogP contribution in [0.1, 0.15) is 89.7 Å². The molecular formula is C53H57N3O. The van der Waals surface area contributed by atoms with Gasteiger partial charge in [0.25, 0.3) is 0 Å². The van der Waals surface area contributed by atoms with Gasteiger partial charge in [-0.15, -0.1) is 0 Å². The number of ether oxygens (including phenoxy) is 1. The Labute approximate surface area is 341 Å². The third-order valence-corrected chi connectivity index (χ3v) is 9.61. The molecule has 57 heavy (non-hydrogen) atoms. The van der Waals surface area contributed by atoms with Crippen molar-refractivity contribution in [2.45, 2.75) is 67.2 Å².